The third-order valence-electron chi connectivity index (χ3n) is 7.97. The fourth-order valence-electron chi connectivity index (χ4n) is 6.23. The summed E-state index contributed by atoms with van der Waals surface area (Å²) in [4.78, 5) is 23.4. The van der Waals surface area contributed by atoms with Crippen molar-refractivity contribution in [3.8, 4) is 16.9 Å². The van der Waals surface area contributed by atoms with E-state index in [2.05, 4.69) is 9.97 Å². The molecule has 0 saturated heterocycles. The molecule has 4 heterocycles. The summed E-state index contributed by atoms with van der Waals surface area (Å²) in [5.41, 5.74) is 9.09. The Morgan fingerprint density at radius 3 is 2.87 bits per heavy atom. The Labute approximate surface area is 220 Å². The van der Waals surface area contributed by atoms with Crippen LogP contribution in [0.15, 0.2) is 42.6 Å². The van der Waals surface area contributed by atoms with Gasteiger partial charge in [-0.2, -0.15) is 8.78 Å². The number of fused-ring (bicyclic) bond motifs is 10. The molecule has 194 valence electrons. The zero-order valence-corrected chi connectivity index (χ0v) is 20.2. The number of alkyl halides is 2. The Morgan fingerprint density at radius 2 is 2.08 bits per heavy atom. The quantitative estimate of drug-likeness (QED) is 0.406. The molecule has 4 aromatic rings. The van der Waals surface area contributed by atoms with E-state index >= 15 is 4.39 Å². The molecule has 3 aliphatic rings. The fraction of sp³-hybridized carbons (Fsp3) is 0.321. The maximum absolute atomic E-state index is 15.6. The summed E-state index contributed by atoms with van der Waals surface area (Å²) in [7, 11) is 0. The first-order valence-electron chi connectivity index (χ1n) is 13.8. The average Bonchev–Trinajstić information content (AvgIpc) is 3.49. The monoisotopic (exact) mass is 522 g/mol. The van der Waals surface area contributed by atoms with Crippen LogP contribution in [0.5, 0.6) is 5.75 Å². The summed E-state index contributed by atoms with van der Waals surface area (Å²) in [5.74, 6) is -1.40. The Hall–Kier alpha value is -3.92. The lowest BCUT2D eigenvalue weighted by Gasteiger charge is -2.24. The van der Waals surface area contributed by atoms with E-state index in [1.54, 1.807) is 16.8 Å². The number of hydrogen-bond donors (Lipinski definition) is 1. The second kappa shape index (κ2) is 7.80. The number of aryl methyl sites for hydroxylation is 1. The first-order chi connectivity index (χ1) is 19.3. The minimum atomic E-state index is -3.17. The van der Waals surface area contributed by atoms with Crippen LogP contribution >= 0.6 is 0 Å². The summed E-state index contributed by atoms with van der Waals surface area (Å²) in [5, 5.41) is 0. The molecule has 7 nitrogen and oxygen atoms in total. The van der Waals surface area contributed by atoms with E-state index in [-0.39, 0.29) is 40.2 Å². The molecule has 10 heteroatoms. The van der Waals surface area contributed by atoms with Crippen LogP contribution in [0.1, 0.15) is 69.0 Å². The number of carbonyl (C=O) groups is 1. The topological polar surface area (TPSA) is 86.3 Å². The highest BCUT2D eigenvalue weighted by atomic mass is 19.3. The van der Waals surface area contributed by atoms with Crippen molar-refractivity contribution in [2.45, 2.75) is 50.4 Å². The molecular formula is C28H24F3N5O2. The normalized spacial score (nSPS) is 25.1. The molecule has 2 bridgehead atoms. The number of rotatable bonds is 3. The molecule has 2 aromatic heterocycles. The Bertz CT molecular complexity index is 1770. The van der Waals surface area contributed by atoms with Gasteiger partial charge in [0.15, 0.2) is 0 Å². The van der Waals surface area contributed by atoms with Crippen LogP contribution in [0.2, 0.25) is 0 Å². The van der Waals surface area contributed by atoms with Crippen LogP contribution in [0.25, 0.3) is 22.2 Å². The highest BCUT2D eigenvalue weighted by Gasteiger charge is 2.45. The molecule has 3 atom stereocenters. The van der Waals surface area contributed by atoms with Gasteiger partial charge in [0.05, 0.1) is 34.3 Å². The predicted molar refractivity (Wildman–Crippen MR) is 133 cm³/mol. The van der Waals surface area contributed by atoms with E-state index in [9.17, 15) is 13.6 Å². The van der Waals surface area contributed by atoms with Gasteiger partial charge >= 0.3 is 6.61 Å². The number of benzene rings is 2. The van der Waals surface area contributed by atoms with E-state index < -0.39 is 42.9 Å². The van der Waals surface area contributed by atoms with Gasteiger partial charge in [0, 0.05) is 52.0 Å². The number of carbonyl (C=O) groups excluding carboxylic acids is 1. The third kappa shape index (κ3) is 3.16. The van der Waals surface area contributed by atoms with E-state index in [1.165, 1.54) is 24.3 Å². The van der Waals surface area contributed by atoms with Crippen LogP contribution in [0.3, 0.4) is 0 Å². The fourth-order valence-corrected chi connectivity index (χ4v) is 6.23. The minimum Gasteiger partial charge on any atom is -0.434 e. The first kappa shape index (κ1) is 20.1. The number of pyridine rings is 1. The number of imidazole rings is 1. The van der Waals surface area contributed by atoms with Crippen LogP contribution < -0.4 is 10.5 Å². The molecule has 0 radical (unpaired) electrons. The number of ether oxygens (including phenoxy) is 1. The number of amides is 1. The number of nitrogens with zero attached hydrogens (tertiary/aromatic N) is 4. The maximum Gasteiger partial charge on any atom is 0.387 e. The molecule has 1 aliphatic carbocycles. The Balaban J connectivity index is 1.46. The SMILES string of the molecule is [2H]C([2H])([2H])N1C(=O)c2cccc(OC(F)F)c2[C@H]2C[C@@H]1c1nc3cc(F)c(-c4cnc5c(c4)CC[C@]5(C)N)cc3n12. The van der Waals surface area contributed by atoms with Gasteiger partial charge in [0.25, 0.3) is 5.91 Å². The van der Waals surface area contributed by atoms with Gasteiger partial charge in [0.2, 0.25) is 0 Å². The number of nitrogens with two attached hydrogens (primary N) is 1. The summed E-state index contributed by atoms with van der Waals surface area (Å²) in [6.07, 6.45) is 3.08. The largest absolute Gasteiger partial charge is 0.434 e. The molecule has 38 heavy (non-hydrogen) atoms. The Kier molecular flexibility index (Phi) is 4.12. The number of halogens is 3. The molecule has 2 N–H and O–H groups in total. The van der Waals surface area contributed by atoms with Gasteiger partial charge in [-0.1, -0.05) is 6.07 Å². The average molecular weight is 523 g/mol. The minimum absolute atomic E-state index is 0.0470. The van der Waals surface area contributed by atoms with Gasteiger partial charge in [0.1, 0.15) is 17.4 Å². The zero-order chi connectivity index (χ0) is 29.0. The van der Waals surface area contributed by atoms with Crippen molar-refractivity contribution in [1.82, 2.24) is 19.4 Å². The third-order valence-corrected chi connectivity index (χ3v) is 7.97. The highest BCUT2D eigenvalue weighted by Crippen LogP contribution is 2.50. The lowest BCUT2D eigenvalue weighted by molar-refractivity contribution is -0.0507. The standard InChI is InChI=1S/C28H24F3N5O2/c1-28(32)7-6-13-8-14(12-33-24(13)28)16-9-19-18(10-17(16)29)34-25-21-11-20(36(19)25)23-15(26(37)35(21)2)4-3-5-22(23)38-27(30)31/h3-5,8-10,12,20-21,27H,6-7,11,32H2,1-2H3/t20-,21-,28+/m1/s1/i2D3. The molecule has 7 rings (SSSR count). The second-order valence-electron chi connectivity index (χ2n) is 10.3. The highest BCUT2D eigenvalue weighted by molar-refractivity contribution is 5.98. The molecule has 1 amide bonds. The van der Waals surface area contributed by atoms with Gasteiger partial charge in [-0.15, -0.1) is 0 Å². The molecule has 0 fully saturated rings. The lowest BCUT2D eigenvalue weighted by atomic mass is 9.97. The molecule has 0 spiro atoms. The van der Waals surface area contributed by atoms with E-state index in [4.69, 9.17) is 14.6 Å². The second-order valence-corrected chi connectivity index (χ2v) is 10.3. The van der Waals surface area contributed by atoms with Crippen LogP contribution in [0, 0.1) is 5.82 Å². The lowest BCUT2D eigenvalue weighted by Crippen LogP contribution is -2.30. The summed E-state index contributed by atoms with van der Waals surface area (Å²) >= 11 is 0. The van der Waals surface area contributed by atoms with Crippen LogP contribution in [-0.2, 0) is 12.0 Å². The van der Waals surface area contributed by atoms with Crippen molar-refractivity contribution in [2.75, 3.05) is 6.98 Å². The predicted octanol–water partition coefficient (Wildman–Crippen LogP) is 5.08. The van der Waals surface area contributed by atoms with E-state index in [0.29, 0.717) is 17.5 Å². The first-order valence-corrected chi connectivity index (χ1v) is 12.3. The Morgan fingerprint density at radius 1 is 1.24 bits per heavy atom. The number of hydrogen-bond acceptors (Lipinski definition) is 5. The van der Waals surface area contributed by atoms with Crippen LogP contribution in [-0.4, -0.2) is 38.9 Å². The summed E-state index contributed by atoms with van der Waals surface area (Å²) < 4.78 is 73.3. The molecule has 2 aliphatic heterocycles. The molecule has 0 unspecified atom stereocenters. The number of aromatic nitrogens is 3. The van der Waals surface area contributed by atoms with E-state index in [1.807, 2.05) is 13.0 Å². The van der Waals surface area contributed by atoms with Crippen molar-refractivity contribution >= 4 is 16.9 Å². The summed E-state index contributed by atoms with van der Waals surface area (Å²) in [6.45, 7) is -4.12. The van der Waals surface area contributed by atoms with Gasteiger partial charge in [-0.3, -0.25) is 9.78 Å². The van der Waals surface area contributed by atoms with Gasteiger partial charge < -0.3 is 19.9 Å². The zero-order valence-electron chi connectivity index (χ0n) is 23.2. The summed E-state index contributed by atoms with van der Waals surface area (Å²) in [6, 6.07) is 7.06. The van der Waals surface area contributed by atoms with Gasteiger partial charge in [-0.25, -0.2) is 9.37 Å². The van der Waals surface area contributed by atoms with Crippen molar-refractivity contribution in [1.29, 1.82) is 0 Å². The molecule has 2 aromatic carbocycles. The molecular weight excluding hydrogens is 495 g/mol. The smallest absolute Gasteiger partial charge is 0.387 e. The van der Waals surface area contributed by atoms with Crippen molar-refractivity contribution < 1.29 is 26.8 Å². The van der Waals surface area contributed by atoms with Crippen molar-refractivity contribution in [3.05, 3.63) is 76.6 Å². The van der Waals surface area contributed by atoms with Gasteiger partial charge in [-0.05, 0) is 49.6 Å². The molecule has 0 saturated carbocycles. The maximum atomic E-state index is 15.6. The van der Waals surface area contributed by atoms with E-state index in [0.717, 1.165) is 22.6 Å². The van der Waals surface area contributed by atoms with Crippen molar-refractivity contribution in [2.24, 2.45) is 5.73 Å². The van der Waals surface area contributed by atoms with Crippen molar-refractivity contribution in [3.63, 3.8) is 0 Å². The van der Waals surface area contributed by atoms with Crippen LogP contribution in [0.4, 0.5) is 13.2 Å².